The molecule has 96 valence electrons. The summed E-state index contributed by atoms with van der Waals surface area (Å²) in [5, 5.41) is 0. The predicted molar refractivity (Wildman–Crippen MR) is 58.8 cm³/mol. The second-order valence-electron chi connectivity index (χ2n) is 4.91. The number of rotatable bonds is 3. The Morgan fingerprint density at radius 2 is 1.94 bits per heavy atom. The standard InChI is InChI=1S/C12H18O5/c1-6(2)9(14)16-10-7(3)12(5,8(4)13)11(15)17-10/h6-7,10H,1-5H3/t7-,10-,12+/m1/s1. The number of Topliss-reactive ketones (excluding diaryl/α,β-unsaturated/α-hetero) is 1. The van der Waals surface area contributed by atoms with Crippen molar-refractivity contribution >= 4 is 17.7 Å². The molecule has 0 N–H and O–H groups in total. The lowest BCUT2D eigenvalue weighted by molar-refractivity contribution is -0.183. The van der Waals surface area contributed by atoms with E-state index in [1.165, 1.54) is 13.8 Å². The summed E-state index contributed by atoms with van der Waals surface area (Å²) in [6, 6.07) is 0. The molecule has 17 heavy (non-hydrogen) atoms. The van der Waals surface area contributed by atoms with Crippen molar-refractivity contribution in [2.24, 2.45) is 17.3 Å². The van der Waals surface area contributed by atoms with Gasteiger partial charge in [-0.15, -0.1) is 0 Å². The van der Waals surface area contributed by atoms with Gasteiger partial charge in [0.25, 0.3) is 6.29 Å². The van der Waals surface area contributed by atoms with Crippen LogP contribution in [0.5, 0.6) is 0 Å². The third kappa shape index (κ3) is 2.18. The normalized spacial score (nSPS) is 32.5. The highest BCUT2D eigenvalue weighted by atomic mass is 16.7. The van der Waals surface area contributed by atoms with Crippen molar-refractivity contribution in [2.45, 2.75) is 40.9 Å². The van der Waals surface area contributed by atoms with Crippen molar-refractivity contribution in [1.82, 2.24) is 0 Å². The first kappa shape index (κ1) is 13.7. The molecule has 0 unspecified atom stereocenters. The van der Waals surface area contributed by atoms with E-state index < -0.39 is 29.6 Å². The van der Waals surface area contributed by atoms with Gasteiger partial charge in [0.2, 0.25) is 0 Å². The fourth-order valence-corrected chi connectivity index (χ4v) is 1.63. The quantitative estimate of drug-likeness (QED) is 0.551. The number of hydrogen-bond donors (Lipinski definition) is 0. The van der Waals surface area contributed by atoms with Crippen LogP contribution in [0.1, 0.15) is 34.6 Å². The summed E-state index contributed by atoms with van der Waals surface area (Å²) in [5.41, 5.74) is -1.22. The molecule has 0 aromatic carbocycles. The second kappa shape index (κ2) is 4.47. The number of ketones is 1. The summed E-state index contributed by atoms with van der Waals surface area (Å²) < 4.78 is 10.0. The van der Waals surface area contributed by atoms with Crippen LogP contribution in [-0.4, -0.2) is 24.0 Å². The van der Waals surface area contributed by atoms with Gasteiger partial charge < -0.3 is 9.47 Å². The van der Waals surface area contributed by atoms with Crippen molar-refractivity contribution in [1.29, 1.82) is 0 Å². The van der Waals surface area contributed by atoms with E-state index in [0.717, 1.165) is 0 Å². The third-order valence-corrected chi connectivity index (χ3v) is 3.40. The topological polar surface area (TPSA) is 69.7 Å². The first-order chi connectivity index (χ1) is 7.71. The lowest BCUT2D eigenvalue weighted by Crippen LogP contribution is -2.37. The van der Waals surface area contributed by atoms with Crippen molar-refractivity contribution in [3.63, 3.8) is 0 Å². The maximum absolute atomic E-state index is 11.7. The summed E-state index contributed by atoms with van der Waals surface area (Å²) in [6.07, 6.45) is -0.966. The SMILES string of the molecule is CC(=O)[C@@]1(C)C(=O)O[C@@H](OC(=O)C(C)C)[C@H]1C. The Kier molecular flexibility index (Phi) is 3.59. The molecule has 1 saturated heterocycles. The van der Waals surface area contributed by atoms with Gasteiger partial charge in [0.15, 0.2) is 0 Å². The molecule has 0 saturated carbocycles. The van der Waals surface area contributed by atoms with E-state index in [0.29, 0.717) is 0 Å². The van der Waals surface area contributed by atoms with Crippen LogP contribution in [0.2, 0.25) is 0 Å². The second-order valence-corrected chi connectivity index (χ2v) is 4.91. The van der Waals surface area contributed by atoms with Crippen LogP contribution in [0.15, 0.2) is 0 Å². The minimum atomic E-state index is -1.22. The van der Waals surface area contributed by atoms with E-state index in [-0.39, 0.29) is 11.7 Å². The monoisotopic (exact) mass is 242 g/mol. The van der Waals surface area contributed by atoms with Gasteiger partial charge in [-0.1, -0.05) is 20.8 Å². The Morgan fingerprint density at radius 1 is 1.41 bits per heavy atom. The van der Waals surface area contributed by atoms with Gasteiger partial charge in [-0.05, 0) is 13.8 Å². The van der Waals surface area contributed by atoms with Gasteiger partial charge in [0.1, 0.15) is 11.2 Å². The summed E-state index contributed by atoms with van der Waals surface area (Å²) in [7, 11) is 0. The molecule has 3 atom stereocenters. The van der Waals surface area contributed by atoms with Crippen LogP contribution in [0.4, 0.5) is 0 Å². The van der Waals surface area contributed by atoms with E-state index in [2.05, 4.69) is 0 Å². The number of hydrogen-bond acceptors (Lipinski definition) is 5. The van der Waals surface area contributed by atoms with Gasteiger partial charge in [-0.2, -0.15) is 0 Å². The van der Waals surface area contributed by atoms with E-state index >= 15 is 0 Å². The molecule has 0 aromatic heterocycles. The Labute approximate surface area is 100 Å². The zero-order chi connectivity index (χ0) is 13.4. The first-order valence-electron chi connectivity index (χ1n) is 5.63. The minimum Gasteiger partial charge on any atom is -0.425 e. The van der Waals surface area contributed by atoms with Crippen LogP contribution in [0.25, 0.3) is 0 Å². The van der Waals surface area contributed by atoms with Crippen LogP contribution < -0.4 is 0 Å². The Morgan fingerprint density at radius 3 is 2.29 bits per heavy atom. The first-order valence-corrected chi connectivity index (χ1v) is 5.63. The van der Waals surface area contributed by atoms with E-state index in [1.807, 2.05) is 0 Å². The fraction of sp³-hybridized carbons (Fsp3) is 0.750. The Hall–Kier alpha value is -1.39. The van der Waals surface area contributed by atoms with Crippen molar-refractivity contribution in [2.75, 3.05) is 0 Å². The number of cyclic esters (lactones) is 1. The molecule has 1 fully saturated rings. The molecular formula is C12H18O5. The average Bonchev–Trinajstić information content (AvgIpc) is 2.44. The molecule has 1 heterocycles. The molecule has 5 heteroatoms. The summed E-state index contributed by atoms with van der Waals surface area (Å²) in [5.74, 6) is -2.13. The van der Waals surface area contributed by atoms with Crippen molar-refractivity contribution in [3.05, 3.63) is 0 Å². The number of esters is 2. The average molecular weight is 242 g/mol. The molecule has 1 aliphatic rings. The molecule has 5 nitrogen and oxygen atoms in total. The van der Waals surface area contributed by atoms with Crippen molar-refractivity contribution in [3.8, 4) is 0 Å². The zero-order valence-corrected chi connectivity index (χ0v) is 10.8. The largest absolute Gasteiger partial charge is 0.425 e. The van der Waals surface area contributed by atoms with Gasteiger partial charge >= 0.3 is 11.9 Å². The fourth-order valence-electron chi connectivity index (χ4n) is 1.63. The Bertz CT molecular complexity index is 360. The van der Waals surface area contributed by atoms with Gasteiger partial charge in [-0.3, -0.25) is 14.4 Å². The van der Waals surface area contributed by atoms with Crippen LogP contribution in [0.3, 0.4) is 0 Å². The van der Waals surface area contributed by atoms with Gasteiger partial charge in [0, 0.05) is 0 Å². The van der Waals surface area contributed by atoms with Crippen LogP contribution >= 0.6 is 0 Å². The van der Waals surface area contributed by atoms with E-state index in [1.54, 1.807) is 20.8 Å². The molecular weight excluding hydrogens is 224 g/mol. The third-order valence-electron chi connectivity index (χ3n) is 3.40. The number of ether oxygens (including phenoxy) is 2. The molecule has 0 bridgehead atoms. The van der Waals surface area contributed by atoms with E-state index in [4.69, 9.17) is 9.47 Å². The molecule has 0 spiro atoms. The highest BCUT2D eigenvalue weighted by Gasteiger charge is 2.56. The molecule has 1 rings (SSSR count). The smallest absolute Gasteiger partial charge is 0.322 e. The minimum absolute atomic E-state index is 0.280. The van der Waals surface area contributed by atoms with Gasteiger partial charge in [-0.25, -0.2) is 0 Å². The molecule has 0 aliphatic carbocycles. The molecule has 0 aromatic rings. The summed E-state index contributed by atoms with van der Waals surface area (Å²) in [6.45, 7) is 7.91. The lowest BCUT2D eigenvalue weighted by atomic mass is 9.76. The Balaban J connectivity index is 2.85. The highest BCUT2D eigenvalue weighted by Crippen LogP contribution is 2.40. The molecule has 0 radical (unpaired) electrons. The van der Waals surface area contributed by atoms with Crippen LogP contribution in [-0.2, 0) is 23.9 Å². The van der Waals surface area contributed by atoms with Gasteiger partial charge in [0.05, 0.1) is 11.8 Å². The maximum Gasteiger partial charge on any atom is 0.322 e. The number of carbonyl (C=O) groups excluding carboxylic acids is 3. The predicted octanol–water partition coefficient (Wildman–Crippen LogP) is 1.30. The summed E-state index contributed by atoms with van der Waals surface area (Å²) >= 11 is 0. The zero-order valence-electron chi connectivity index (χ0n) is 10.8. The van der Waals surface area contributed by atoms with Crippen LogP contribution in [0, 0.1) is 17.3 Å². The number of carbonyl (C=O) groups is 3. The van der Waals surface area contributed by atoms with E-state index in [9.17, 15) is 14.4 Å². The summed E-state index contributed by atoms with van der Waals surface area (Å²) in [4.78, 5) is 34.6. The molecule has 0 amide bonds. The highest BCUT2D eigenvalue weighted by molar-refractivity contribution is 6.03. The maximum atomic E-state index is 11.7. The lowest BCUT2D eigenvalue weighted by Gasteiger charge is -2.22. The van der Waals surface area contributed by atoms with Crippen molar-refractivity contribution < 1.29 is 23.9 Å². The molecule has 1 aliphatic heterocycles.